The summed E-state index contributed by atoms with van der Waals surface area (Å²) in [6.45, 7) is 0.803. The van der Waals surface area contributed by atoms with E-state index < -0.39 is 22.5 Å². The number of carbonyl (C=O) groups is 1. The molecule has 0 bridgehead atoms. The zero-order valence-electron chi connectivity index (χ0n) is 18.4. The molecule has 1 atom stereocenters. The summed E-state index contributed by atoms with van der Waals surface area (Å²) in [5.74, 6) is -0.378. The Morgan fingerprint density at radius 3 is 2.64 bits per heavy atom. The highest BCUT2D eigenvalue weighted by atomic mass is 35.5. The molecule has 3 aromatic rings. The first-order valence-corrected chi connectivity index (χ1v) is 10.9. The number of pyridine rings is 2. The highest BCUT2D eigenvalue weighted by molar-refractivity contribution is 6.20. The number of ether oxygens (including phenoxy) is 1. The largest absolute Gasteiger partial charge is 0.487 e. The first-order valence-electron chi connectivity index (χ1n) is 10.5. The Morgan fingerprint density at radius 1 is 1.25 bits per heavy atom. The van der Waals surface area contributed by atoms with Crippen molar-refractivity contribution < 1.29 is 28.3 Å². The molecule has 2 aromatic heterocycles. The topological polar surface area (TPSA) is 143 Å². The number of rotatable bonds is 8. The van der Waals surface area contributed by atoms with E-state index in [1.807, 2.05) is 0 Å². The predicted octanol–water partition coefficient (Wildman–Crippen LogP) is 4.12. The third kappa shape index (κ3) is 6.12. The highest BCUT2D eigenvalue weighted by Crippen LogP contribution is 2.33. The van der Waals surface area contributed by atoms with E-state index in [4.69, 9.17) is 11.6 Å². The molecule has 3 heterocycles. The number of nitro groups is 1. The van der Waals surface area contributed by atoms with Crippen LogP contribution in [0, 0.1) is 10.1 Å². The van der Waals surface area contributed by atoms with Crippen molar-refractivity contribution in [3.8, 4) is 5.75 Å². The number of alkyl halides is 3. The van der Waals surface area contributed by atoms with Crippen molar-refractivity contribution in [3.63, 3.8) is 0 Å². The van der Waals surface area contributed by atoms with Crippen LogP contribution < -0.4 is 20.3 Å². The lowest BCUT2D eigenvalue weighted by molar-refractivity contribution is -0.384. The van der Waals surface area contributed by atoms with Crippen LogP contribution in [0.5, 0.6) is 5.75 Å². The van der Waals surface area contributed by atoms with Crippen molar-refractivity contribution in [1.82, 2.24) is 9.97 Å². The summed E-state index contributed by atoms with van der Waals surface area (Å²) in [5, 5.41) is 26.9. The van der Waals surface area contributed by atoms with Gasteiger partial charge in [0, 0.05) is 48.8 Å². The molecule has 4 rings (SSSR count). The molecule has 1 aliphatic rings. The third-order valence-corrected chi connectivity index (χ3v) is 5.28. The Labute approximate surface area is 207 Å². The number of nitrogens with zero attached hydrogens (tertiary/aromatic N) is 4. The Kier molecular flexibility index (Phi) is 7.12. The molecule has 1 saturated heterocycles. The van der Waals surface area contributed by atoms with Gasteiger partial charge in [-0.3, -0.25) is 19.9 Å². The van der Waals surface area contributed by atoms with Gasteiger partial charge in [-0.2, -0.15) is 0 Å². The summed E-state index contributed by atoms with van der Waals surface area (Å²) in [5.41, 5.74) is -3.31. The molecular weight excluding hydrogens is 502 g/mol. The van der Waals surface area contributed by atoms with Crippen molar-refractivity contribution in [2.24, 2.45) is 0 Å². The van der Waals surface area contributed by atoms with E-state index in [9.17, 15) is 28.8 Å². The number of aliphatic hydroxyl groups is 1. The molecule has 1 aliphatic heterocycles. The van der Waals surface area contributed by atoms with Crippen LogP contribution in [-0.4, -0.2) is 50.7 Å². The predicted molar refractivity (Wildman–Crippen MR) is 127 cm³/mol. The minimum atomic E-state index is -3.86. The number of aromatic nitrogens is 2. The molecule has 188 valence electrons. The summed E-state index contributed by atoms with van der Waals surface area (Å²) in [7, 11) is 0. The second kappa shape index (κ2) is 10.3. The fourth-order valence-corrected chi connectivity index (χ4v) is 3.68. The minimum absolute atomic E-state index is 0.0922. The van der Waals surface area contributed by atoms with Crippen LogP contribution in [0.15, 0.2) is 55.0 Å². The van der Waals surface area contributed by atoms with Crippen LogP contribution in [0.3, 0.4) is 0 Å². The molecule has 1 unspecified atom stereocenters. The molecule has 36 heavy (non-hydrogen) atoms. The lowest BCUT2D eigenvalue weighted by Gasteiger charge is -2.21. The number of aliphatic hydroxyl groups excluding tert-OH is 1. The van der Waals surface area contributed by atoms with Crippen LogP contribution in [0.1, 0.15) is 16.8 Å². The lowest BCUT2D eigenvalue weighted by atomic mass is 10.2. The maximum atomic E-state index is 12.9. The maximum absolute atomic E-state index is 12.9. The van der Waals surface area contributed by atoms with Crippen molar-refractivity contribution in [3.05, 3.63) is 70.7 Å². The zero-order chi connectivity index (χ0) is 25.9. The summed E-state index contributed by atoms with van der Waals surface area (Å²) < 4.78 is 29.8. The first-order chi connectivity index (χ1) is 17.1. The first kappa shape index (κ1) is 25.0. The molecule has 0 radical (unpaired) electrons. The van der Waals surface area contributed by atoms with Crippen molar-refractivity contribution in [2.75, 3.05) is 28.6 Å². The monoisotopic (exact) mass is 520 g/mol. The van der Waals surface area contributed by atoms with Gasteiger partial charge in [0.25, 0.3) is 11.6 Å². The van der Waals surface area contributed by atoms with Gasteiger partial charge < -0.3 is 25.4 Å². The van der Waals surface area contributed by atoms with E-state index in [1.54, 1.807) is 4.90 Å². The van der Waals surface area contributed by atoms with E-state index in [-0.39, 0.29) is 28.4 Å². The van der Waals surface area contributed by atoms with Crippen LogP contribution >= 0.6 is 11.6 Å². The van der Waals surface area contributed by atoms with Gasteiger partial charge in [0.05, 0.1) is 28.5 Å². The molecule has 3 N–H and O–H groups in total. The van der Waals surface area contributed by atoms with Crippen LogP contribution in [0.2, 0.25) is 0 Å². The van der Waals surface area contributed by atoms with Crippen LogP contribution in [0.25, 0.3) is 0 Å². The van der Waals surface area contributed by atoms with Gasteiger partial charge in [-0.05, 0) is 36.8 Å². The number of nitrogens with one attached hydrogen (secondary N) is 2. The van der Waals surface area contributed by atoms with Gasteiger partial charge in [0.15, 0.2) is 5.82 Å². The van der Waals surface area contributed by atoms with Crippen molar-refractivity contribution >= 4 is 46.1 Å². The Bertz CT molecular complexity index is 1270. The number of halogens is 3. The number of amides is 1. The molecule has 14 heteroatoms. The zero-order valence-corrected chi connectivity index (χ0v) is 19.2. The average Bonchev–Trinajstić information content (AvgIpc) is 3.25. The second-order valence-corrected chi connectivity index (χ2v) is 8.22. The highest BCUT2D eigenvalue weighted by Gasteiger charge is 2.28. The number of hydrogen-bond donors (Lipinski definition) is 3. The van der Waals surface area contributed by atoms with Gasteiger partial charge in [-0.25, -0.2) is 4.98 Å². The normalized spacial score (nSPS) is 15.4. The van der Waals surface area contributed by atoms with Gasteiger partial charge in [-0.1, -0.05) is 0 Å². The SMILES string of the molecule is O=C(Nc1ccc(OC(F)(F)Cl)cc1)c1cnc(N2CCC(O)C2)c(Nc2cnccc2[N+](=O)[O-])c1. The summed E-state index contributed by atoms with van der Waals surface area (Å²) in [6, 6.07) is 7.81. The standard InChI is InChI=1S/C22H19ClF2N6O5/c23-22(24,25)36-16-3-1-14(2-4-16)28-21(33)13-9-17(20(27-10-13)30-8-6-15(32)12-30)29-18-11-26-7-5-19(18)31(34)35/h1-5,7,9-11,15,29,32H,6,8,12H2,(H,28,33). The molecule has 1 fully saturated rings. The Balaban J connectivity index is 1.60. The fraction of sp³-hybridized carbons (Fsp3) is 0.227. The summed E-state index contributed by atoms with van der Waals surface area (Å²) in [6.07, 6.45) is 3.85. The summed E-state index contributed by atoms with van der Waals surface area (Å²) >= 11 is 4.74. The number of benzene rings is 1. The smallest absolute Gasteiger partial charge is 0.420 e. The van der Waals surface area contributed by atoms with E-state index >= 15 is 0 Å². The van der Waals surface area contributed by atoms with Crippen LogP contribution in [0.4, 0.5) is 37.3 Å². The van der Waals surface area contributed by atoms with E-state index in [0.29, 0.717) is 31.0 Å². The van der Waals surface area contributed by atoms with Gasteiger partial charge in [-0.15, -0.1) is 8.78 Å². The number of carbonyl (C=O) groups excluding carboxylic acids is 1. The number of hydrogen-bond acceptors (Lipinski definition) is 9. The van der Waals surface area contributed by atoms with E-state index in [0.717, 1.165) is 0 Å². The minimum Gasteiger partial charge on any atom is -0.420 e. The third-order valence-electron chi connectivity index (χ3n) is 5.20. The van der Waals surface area contributed by atoms with Crippen molar-refractivity contribution in [1.29, 1.82) is 0 Å². The summed E-state index contributed by atoms with van der Waals surface area (Å²) in [4.78, 5) is 33.8. The Morgan fingerprint density at radius 2 is 2.00 bits per heavy atom. The van der Waals surface area contributed by atoms with Crippen molar-refractivity contribution in [2.45, 2.75) is 18.1 Å². The molecule has 1 aromatic carbocycles. The molecule has 1 amide bonds. The number of anilines is 4. The fourth-order valence-electron chi connectivity index (χ4n) is 3.59. The molecule has 0 saturated carbocycles. The quantitative estimate of drug-likeness (QED) is 0.227. The number of β-amino-alcohol motifs (C(OH)–C–C–N with tert-alkyl or cyclic N) is 1. The lowest BCUT2D eigenvalue weighted by Crippen LogP contribution is -2.24. The average molecular weight is 521 g/mol. The van der Waals surface area contributed by atoms with E-state index in [2.05, 4.69) is 25.3 Å². The molecule has 11 nitrogen and oxygen atoms in total. The molecular formula is C22H19ClF2N6O5. The van der Waals surface area contributed by atoms with E-state index in [1.165, 1.54) is 55.0 Å². The van der Waals surface area contributed by atoms with Gasteiger partial charge in [0.2, 0.25) is 0 Å². The maximum Gasteiger partial charge on any atom is 0.487 e. The molecule has 0 aliphatic carbocycles. The van der Waals surface area contributed by atoms with Crippen LogP contribution in [-0.2, 0) is 0 Å². The van der Waals surface area contributed by atoms with Gasteiger partial charge >= 0.3 is 5.57 Å². The Hall–Kier alpha value is -4.10. The van der Waals surface area contributed by atoms with Gasteiger partial charge in [0.1, 0.15) is 11.4 Å². The second-order valence-electron chi connectivity index (χ2n) is 7.78. The molecule has 0 spiro atoms.